The summed E-state index contributed by atoms with van der Waals surface area (Å²) in [5.74, 6) is 0.167. The van der Waals surface area contributed by atoms with Crippen LogP contribution in [-0.4, -0.2) is 60.8 Å². The van der Waals surface area contributed by atoms with Gasteiger partial charge in [-0.05, 0) is 37.3 Å². The van der Waals surface area contributed by atoms with Gasteiger partial charge in [0.05, 0.1) is 11.5 Å². The molecule has 3 heterocycles. The molecule has 1 unspecified atom stereocenters. The predicted molar refractivity (Wildman–Crippen MR) is 93.1 cm³/mol. The molecule has 3 rings (SSSR count). The standard InChI is InChI=1S/C17H23N3O4S/c1-12-3-7-20(8-4-12)17(22)15-10-13(2-6-18-15)16(21)19-14-5-9-25(23,24)11-14/h2,6,10,12,14H,3-5,7-9,11H2,1H3,(H,19,21). The number of sulfone groups is 1. The van der Waals surface area contributed by atoms with Crippen LogP contribution in [0.3, 0.4) is 0 Å². The Morgan fingerprint density at radius 3 is 2.60 bits per heavy atom. The summed E-state index contributed by atoms with van der Waals surface area (Å²) in [6.45, 7) is 3.59. The minimum Gasteiger partial charge on any atom is -0.348 e. The van der Waals surface area contributed by atoms with Crippen LogP contribution in [-0.2, 0) is 9.84 Å². The number of nitrogens with zero attached hydrogens (tertiary/aromatic N) is 2. The Bertz CT molecular complexity index is 770. The van der Waals surface area contributed by atoms with E-state index in [2.05, 4.69) is 17.2 Å². The highest BCUT2D eigenvalue weighted by Gasteiger charge is 2.29. The first-order chi connectivity index (χ1) is 11.8. The SMILES string of the molecule is CC1CCN(C(=O)c2cc(C(=O)NC3CCS(=O)(=O)C3)ccn2)CC1. The third-order valence-electron chi connectivity index (χ3n) is 4.88. The van der Waals surface area contributed by atoms with Crippen LogP contribution in [0.25, 0.3) is 0 Å². The van der Waals surface area contributed by atoms with Crippen molar-refractivity contribution in [3.8, 4) is 0 Å². The van der Waals surface area contributed by atoms with Gasteiger partial charge in [-0.15, -0.1) is 0 Å². The first-order valence-corrected chi connectivity index (χ1v) is 10.4. The third kappa shape index (κ3) is 4.36. The maximum absolute atomic E-state index is 12.6. The van der Waals surface area contributed by atoms with Crippen molar-refractivity contribution in [3.05, 3.63) is 29.6 Å². The van der Waals surface area contributed by atoms with Gasteiger partial charge in [0.1, 0.15) is 5.69 Å². The lowest BCUT2D eigenvalue weighted by molar-refractivity contribution is 0.0691. The first kappa shape index (κ1) is 17.8. The van der Waals surface area contributed by atoms with E-state index in [-0.39, 0.29) is 35.1 Å². The summed E-state index contributed by atoms with van der Waals surface area (Å²) in [6, 6.07) is 2.65. The molecule has 1 atom stereocenters. The fourth-order valence-corrected chi connectivity index (χ4v) is 4.91. The lowest BCUT2D eigenvalue weighted by Gasteiger charge is -2.30. The number of hydrogen-bond donors (Lipinski definition) is 1. The quantitative estimate of drug-likeness (QED) is 0.857. The van der Waals surface area contributed by atoms with Crippen LogP contribution in [0.15, 0.2) is 18.3 Å². The van der Waals surface area contributed by atoms with Crippen LogP contribution >= 0.6 is 0 Å². The summed E-state index contributed by atoms with van der Waals surface area (Å²) in [6.07, 6.45) is 3.82. The number of carbonyl (C=O) groups is 2. The second-order valence-electron chi connectivity index (χ2n) is 6.98. The molecule has 2 saturated heterocycles. The van der Waals surface area contributed by atoms with Gasteiger partial charge in [-0.2, -0.15) is 0 Å². The van der Waals surface area contributed by atoms with Crippen molar-refractivity contribution >= 4 is 21.7 Å². The van der Waals surface area contributed by atoms with Crippen LogP contribution in [0, 0.1) is 5.92 Å². The highest BCUT2D eigenvalue weighted by molar-refractivity contribution is 7.91. The predicted octanol–water partition coefficient (Wildman–Crippen LogP) is 0.871. The number of carbonyl (C=O) groups excluding carboxylic acids is 2. The number of hydrogen-bond acceptors (Lipinski definition) is 5. The highest BCUT2D eigenvalue weighted by atomic mass is 32.2. The zero-order chi connectivity index (χ0) is 18.0. The van der Waals surface area contributed by atoms with E-state index in [0.717, 1.165) is 12.8 Å². The van der Waals surface area contributed by atoms with Crippen LogP contribution in [0.1, 0.15) is 47.0 Å². The van der Waals surface area contributed by atoms with Gasteiger partial charge >= 0.3 is 0 Å². The number of aromatic nitrogens is 1. The maximum Gasteiger partial charge on any atom is 0.272 e. The number of piperidine rings is 1. The molecule has 0 saturated carbocycles. The Hall–Kier alpha value is -1.96. The minimum absolute atomic E-state index is 0.0262. The Morgan fingerprint density at radius 1 is 1.24 bits per heavy atom. The third-order valence-corrected chi connectivity index (χ3v) is 6.65. The molecule has 0 bridgehead atoms. The molecule has 7 nitrogen and oxygen atoms in total. The smallest absolute Gasteiger partial charge is 0.272 e. The molecule has 2 amide bonds. The van der Waals surface area contributed by atoms with Crippen LogP contribution in [0.2, 0.25) is 0 Å². The van der Waals surface area contributed by atoms with Crippen LogP contribution in [0.5, 0.6) is 0 Å². The topological polar surface area (TPSA) is 96.4 Å². The van der Waals surface area contributed by atoms with Crippen LogP contribution in [0.4, 0.5) is 0 Å². The zero-order valence-electron chi connectivity index (χ0n) is 14.3. The van der Waals surface area contributed by atoms with E-state index in [0.29, 0.717) is 31.0 Å². The number of amides is 2. The van der Waals surface area contributed by atoms with Crippen molar-refractivity contribution in [3.63, 3.8) is 0 Å². The van der Waals surface area contributed by atoms with Gasteiger partial charge in [-0.3, -0.25) is 14.6 Å². The summed E-state index contributed by atoms with van der Waals surface area (Å²) in [4.78, 5) is 30.8. The van der Waals surface area contributed by atoms with E-state index in [1.807, 2.05) is 0 Å². The van der Waals surface area contributed by atoms with E-state index in [4.69, 9.17) is 0 Å². The van der Waals surface area contributed by atoms with Crippen LogP contribution < -0.4 is 5.32 Å². The van der Waals surface area contributed by atoms with Gasteiger partial charge in [0.25, 0.3) is 11.8 Å². The lowest BCUT2D eigenvalue weighted by Crippen LogP contribution is -2.38. The Kier molecular flexibility index (Phi) is 5.08. The van der Waals surface area contributed by atoms with Crippen molar-refractivity contribution in [2.75, 3.05) is 24.6 Å². The number of nitrogens with one attached hydrogen (secondary N) is 1. The largest absolute Gasteiger partial charge is 0.348 e. The van der Waals surface area contributed by atoms with Crippen molar-refractivity contribution < 1.29 is 18.0 Å². The van der Waals surface area contributed by atoms with Gasteiger partial charge in [-0.25, -0.2) is 8.42 Å². The first-order valence-electron chi connectivity index (χ1n) is 8.61. The fraction of sp³-hybridized carbons (Fsp3) is 0.588. The molecular weight excluding hydrogens is 342 g/mol. The summed E-state index contributed by atoms with van der Waals surface area (Å²) in [7, 11) is -3.05. The second-order valence-corrected chi connectivity index (χ2v) is 9.21. The van der Waals surface area contributed by atoms with E-state index in [1.165, 1.54) is 18.3 Å². The van der Waals surface area contributed by atoms with Crippen molar-refractivity contribution in [2.24, 2.45) is 5.92 Å². The van der Waals surface area contributed by atoms with Crippen molar-refractivity contribution in [1.29, 1.82) is 0 Å². The Labute approximate surface area is 147 Å². The molecule has 2 aliphatic rings. The van der Waals surface area contributed by atoms with E-state index in [9.17, 15) is 18.0 Å². The molecule has 2 fully saturated rings. The number of likely N-dealkylation sites (tertiary alicyclic amines) is 1. The molecule has 0 radical (unpaired) electrons. The molecule has 0 spiro atoms. The molecule has 0 aromatic carbocycles. The van der Waals surface area contributed by atoms with Gasteiger partial charge in [0, 0.05) is 30.9 Å². The minimum atomic E-state index is -3.05. The fourth-order valence-electron chi connectivity index (χ4n) is 3.24. The molecule has 1 N–H and O–H groups in total. The molecule has 8 heteroatoms. The second kappa shape index (κ2) is 7.11. The van der Waals surface area contributed by atoms with E-state index >= 15 is 0 Å². The summed E-state index contributed by atoms with van der Waals surface area (Å²) in [5.41, 5.74) is 0.578. The number of pyridine rings is 1. The molecule has 1 aromatic heterocycles. The van der Waals surface area contributed by atoms with Crippen molar-refractivity contribution in [1.82, 2.24) is 15.2 Å². The Balaban J connectivity index is 1.66. The van der Waals surface area contributed by atoms with Gasteiger partial charge in [0.2, 0.25) is 0 Å². The Morgan fingerprint density at radius 2 is 1.96 bits per heavy atom. The van der Waals surface area contributed by atoms with E-state index in [1.54, 1.807) is 4.90 Å². The van der Waals surface area contributed by atoms with Gasteiger partial charge < -0.3 is 10.2 Å². The summed E-state index contributed by atoms with van der Waals surface area (Å²) in [5, 5.41) is 2.73. The molecule has 136 valence electrons. The molecular formula is C17H23N3O4S. The average Bonchev–Trinajstić information content (AvgIpc) is 2.93. The van der Waals surface area contributed by atoms with Crippen molar-refractivity contribution in [2.45, 2.75) is 32.2 Å². The number of rotatable bonds is 3. The van der Waals surface area contributed by atoms with E-state index < -0.39 is 9.84 Å². The normalized spacial score (nSPS) is 23.4. The lowest BCUT2D eigenvalue weighted by atomic mass is 9.99. The monoisotopic (exact) mass is 365 g/mol. The summed E-state index contributed by atoms with van der Waals surface area (Å²) >= 11 is 0. The molecule has 2 aliphatic heterocycles. The average molecular weight is 365 g/mol. The molecule has 1 aromatic rings. The van der Waals surface area contributed by atoms with Gasteiger partial charge in [-0.1, -0.05) is 6.92 Å². The summed E-state index contributed by atoms with van der Waals surface area (Å²) < 4.78 is 23.0. The maximum atomic E-state index is 12.6. The molecule has 25 heavy (non-hydrogen) atoms. The molecule has 0 aliphatic carbocycles. The highest BCUT2D eigenvalue weighted by Crippen LogP contribution is 2.18. The zero-order valence-corrected chi connectivity index (χ0v) is 15.1. The van der Waals surface area contributed by atoms with Gasteiger partial charge in [0.15, 0.2) is 9.84 Å².